The first-order valence-electron chi connectivity index (χ1n) is 9.63. The monoisotopic (exact) mass is 466 g/mol. The molecule has 1 saturated heterocycles. The fourth-order valence-electron chi connectivity index (χ4n) is 3.12. The number of piperazine rings is 1. The maximum Gasteiger partial charge on any atom is 0.414 e. The van der Waals surface area contributed by atoms with Crippen LogP contribution < -0.4 is 4.74 Å². The van der Waals surface area contributed by atoms with Crippen molar-refractivity contribution in [2.75, 3.05) is 45.9 Å². The molecule has 0 aliphatic carbocycles. The van der Waals surface area contributed by atoms with Gasteiger partial charge in [-0.3, -0.25) is 0 Å². The van der Waals surface area contributed by atoms with Crippen molar-refractivity contribution in [1.29, 1.82) is 0 Å². The first-order valence-corrected chi connectivity index (χ1v) is 10.4. The number of ether oxygens (including phenoxy) is 1. The molecule has 1 fully saturated rings. The van der Waals surface area contributed by atoms with Gasteiger partial charge in [-0.05, 0) is 45.7 Å². The van der Waals surface area contributed by atoms with Gasteiger partial charge in [0.1, 0.15) is 5.75 Å². The fraction of sp³-hybridized carbons (Fsp3) is 0.429. The minimum atomic E-state index is -1.82. The molecule has 0 spiro atoms. The SMILES string of the molecule is CCN1CCN(CCCOc2ccc3ccccc3c2Br)CC1.O=C(O)C(=O)O. The van der Waals surface area contributed by atoms with Crippen LogP contribution in [0.25, 0.3) is 10.8 Å². The summed E-state index contributed by atoms with van der Waals surface area (Å²) in [5.41, 5.74) is 0. The Balaban J connectivity index is 0.000000438. The molecule has 0 amide bonds. The molecule has 1 aliphatic heterocycles. The Labute approximate surface area is 179 Å². The lowest BCUT2D eigenvalue weighted by Crippen LogP contribution is -2.46. The van der Waals surface area contributed by atoms with Gasteiger partial charge >= 0.3 is 11.9 Å². The zero-order valence-electron chi connectivity index (χ0n) is 16.5. The molecule has 0 radical (unpaired) electrons. The van der Waals surface area contributed by atoms with Gasteiger partial charge in [0, 0.05) is 32.7 Å². The smallest absolute Gasteiger partial charge is 0.414 e. The van der Waals surface area contributed by atoms with Crippen LogP contribution in [0.3, 0.4) is 0 Å². The van der Waals surface area contributed by atoms with E-state index in [1.807, 2.05) is 0 Å². The summed E-state index contributed by atoms with van der Waals surface area (Å²) < 4.78 is 7.06. The summed E-state index contributed by atoms with van der Waals surface area (Å²) in [5.74, 6) is -2.70. The molecule has 0 atom stereocenters. The van der Waals surface area contributed by atoms with Gasteiger partial charge in [-0.1, -0.05) is 37.3 Å². The zero-order valence-corrected chi connectivity index (χ0v) is 18.1. The predicted octanol–water partition coefficient (Wildman–Crippen LogP) is 3.16. The van der Waals surface area contributed by atoms with Crippen molar-refractivity contribution in [3.63, 3.8) is 0 Å². The van der Waals surface area contributed by atoms with Crippen LogP contribution in [-0.4, -0.2) is 77.8 Å². The third-order valence-corrected chi connectivity index (χ3v) is 5.62. The molecular formula is C21H27BrN2O5. The molecule has 1 aliphatic rings. The maximum atomic E-state index is 9.10. The largest absolute Gasteiger partial charge is 0.492 e. The maximum absolute atomic E-state index is 9.10. The number of hydrogen-bond acceptors (Lipinski definition) is 5. The van der Waals surface area contributed by atoms with Crippen LogP contribution in [-0.2, 0) is 9.59 Å². The molecule has 0 saturated carbocycles. The van der Waals surface area contributed by atoms with E-state index in [1.165, 1.54) is 43.5 Å². The van der Waals surface area contributed by atoms with E-state index < -0.39 is 11.9 Å². The van der Waals surface area contributed by atoms with Gasteiger partial charge in [0.05, 0.1) is 11.1 Å². The number of nitrogens with zero attached hydrogens (tertiary/aromatic N) is 2. The molecule has 1 heterocycles. The summed E-state index contributed by atoms with van der Waals surface area (Å²) in [6.45, 7) is 10.1. The number of halogens is 1. The zero-order chi connectivity index (χ0) is 21.2. The number of hydrogen-bond donors (Lipinski definition) is 2. The molecule has 29 heavy (non-hydrogen) atoms. The average molecular weight is 467 g/mol. The van der Waals surface area contributed by atoms with Crippen LogP contribution in [0.15, 0.2) is 40.9 Å². The van der Waals surface area contributed by atoms with E-state index in [0.29, 0.717) is 0 Å². The third-order valence-electron chi connectivity index (χ3n) is 4.80. The van der Waals surface area contributed by atoms with E-state index in [9.17, 15) is 0 Å². The second-order valence-electron chi connectivity index (χ2n) is 6.69. The Kier molecular flexibility index (Phi) is 9.37. The van der Waals surface area contributed by atoms with Gasteiger partial charge in [-0.2, -0.15) is 0 Å². The van der Waals surface area contributed by atoms with Crippen molar-refractivity contribution in [1.82, 2.24) is 9.80 Å². The number of carbonyl (C=O) groups is 2. The van der Waals surface area contributed by atoms with Gasteiger partial charge in [-0.25, -0.2) is 9.59 Å². The van der Waals surface area contributed by atoms with E-state index in [2.05, 4.69) is 69.1 Å². The number of likely N-dealkylation sites (N-methyl/N-ethyl adjacent to an activating group) is 1. The Bertz CT molecular complexity index is 810. The minimum Gasteiger partial charge on any atom is -0.492 e. The van der Waals surface area contributed by atoms with Crippen molar-refractivity contribution >= 4 is 38.6 Å². The summed E-state index contributed by atoms with van der Waals surface area (Å²) in [7, 11) is 0. The minimum absolute atomic E-state index is 0.769. The standard InChI is InChI=1S/C19H25BrN2O.C2H2O4/c1-2-21-11-13-22(14-12-21)10-5-15-23-18-9-8-16-6-3-4-7-17(16)19(18)20;3-1(4)2(5)6/h3-4,6-9H,2,5,10-15H2,1H3;(H,3,4)(H,5,6). The van der Waals surface area contributed by atoms with Crippen LogP contribution in [0.1, 0.15) is 13.3 Å². The highest BCUT2D eigenvalue weighted by Gasteiger charge is 2.14. The predicted molar refractivity (Wildman–Crippen MR) is 116 cm³/mol. The first kappa shape index (κ1) is 23.1. The lowest BCUT2D eigenvalue weighted by atomic mass is 10.1. The van der Waals surface area contributed by atoms with Crippen LogP contribution in [0.5, 0.6) is 5.75 Å². The Hall–Kier alpha value is -2.16. The fourth-order valence-corrected chi connectivity index (χ4v) is 3.73. The molecular weight excluding hydrogens is 440 g/mol. The number of carboxylic acid groups (broad SMARTS) is 2. The highest BCUT2D eigenvalue weighted by molar-refractivity contribution is 9.10. The van der Waals surface area contributed by atoms with E-state index in [-0.39, 0.29) is 0 Å². The third kappa shape index (κ3) is 7.30. The van der Waals surface area contributed by atoms with Crippen molar-refractivity contribution in [2.45, 2.75) is 13.3 Å². The van der Waals surface area contributed by atoms with Crippen molar-refractivity contribution in [2.24, 2.45) is 0 Å². The Morgan fingerprint density at radius 1 is 1.00 bits per heavy atom. The molecule has 0 aromatic heterocycles. The molecule has 7 nitrogen and oxygen atoms in total. The van der Waals surface area contributed by atoms with Gasteiger partial charge in [0.15, 0.2) is 0 Å². The highest BCUT2D eigenvalue weighted by atomic mass is 79.9. The van der Waals surface area contributed by atoms with E-state index in [1.54, 1.807) is 0 Å². The van der Waals surface area contributed by atoms with Crippen molar-refractivity contribution < 1.29 is 24.5 Å². The lowest BCUT2D eigenvalue weighted by molar-refractivity contribution is -0.159. The van der Waals surface area contributed by atoms with Gasteiger partial charge in [-0.15, -0.1) is 0 Å². The van der Waals surface area contributed by atoms with Crippen LogP contribution in [0.2, 0.25) is 0 Å². The Morgan fingerprint density at radius 2 is 1.62 bits per heavy atom. The number of aliphatic carboxylic acids is 2. The van der Waals surface area contributed by atoms with Gasteiger partial charge < -0.3 is 24.7 Å². The summed E-state index contributed by atoms with van der Waals surface area (Å²) in [6.07, 6.45) is 1.07. The lowest BCUT2D eigenvalue weighted by Gasteiger charge is -2.33. The number of fused-ring (bicyclic) bond motifs is 1. The van der Waals surface area contributed by atoms with Crippen molar-refractivity contribution in [3.8, 4) is 5.75 Å². The summed E-state index contributed by atoms with van der Waals surface area (Å²) in [4.78, 5) is 23.3. The van der Waals surface area contributed by atoms with E-state index in [0.717, 1.165) is 29.8 Å². The van der Waals surface area contributed by atoms with E-state index >= 15 is 0 Å². The van der Waals surface area contributed by atoms with Gasteiger partial charge in [0.25, 0.3) is 0 Å². The summed E-state index contributed by atoms with van der Waals surface area (Å²) >= 11 is 3.68. The normalized spacial score (nSPS) is 14.8. The molecule has 2 N–H and O–H groups in total. The highest BCUT2D eigenvalue weighted by Crippen LogP contribution is 2.33. The molecule has 2 aromatic carbocycles. The van der Waals surface area contributed by atoms with Crippen LogP contribution >= 0.6 is 15.9 Å². The molecule has 3 rings (SSSR count). The first-order chi connectivity index (χ1) is 13.9. The van der Waals surface area contributed by atoms with Crippen molar-refractivity contribution in [3.05, 3.63) is 40.9 Å². The summed E-state index contributed by atoms with van der Waals surface area (Å²) in [6, 6.07) is 12.6. The molecule has 158 valence electrons. The number of rotatable bonds is 6. The number of carboxylic acids is 2. The Morgan fingerprint density at radius 3 is 2.24 bits per heavy atom. The molecule has 2 aromatic rings. The quantitative estimate of drug-likeness (QED) is 0.498. The molecule has 8 heteroatoms. The molecule has 0 unspecified atom stereocenters. The van der Waals surface area contributed by atoms with E-state index in [4.69, 9.17) is 24.5 Å². The second-order valence-corrected chi connectivity index (χ2v) is 7.48. The summed E-state index contributed by atoms with van der Waals surface area (Å²) in [5, 5.41) is 17.2. The second kappa shape index (κ2) is 11.7. The average Bonchev–Trinajstić information content (AvgIpc) is 2.73. The van der Waals surface area contributed by atoms with Gasteiger partial charge in [0.2, 0.25) is 0 Å². The van der Waals surface area contributed by atoms with Crippen LogP contribution in [0, 0.1) is 0 Å². The van der Waals surface area contributed by atoms with Crippen LogP contribution in [0.4, 0.5) is 0 Å². The molecule has 0 bridgehead atoms. The topological polar surface area (TPSA) is 90.3 Å². The number of benzene rings is 2.